The molecule has 1 aromatic rings. The number of nitrogens with one attached hydrogen (secondary N) is 1. The van der Waals surface area contributed by atoms with Gasteiger partial charge in [-0.2, -0.15) is 5.10 Å². The quantitative estimate of drug-likeness (QED) is 0.860. The highest BCUT2D eigenvalue weighted by Gasteiger charge is 2.36. The third-order valence-corrected chi connectivity index (χ3v) is 4.83. The van der Waals surface area contributed by atoms with E-state index < -0.39 is 6.04 Å². The summed E-state index contributed by atoms with van der Waals surface area (Å²) >= 11 is 0. The number of nitrogens with zero attached hydrogens (tertiary/aromatic N) is 3. The lowest BCUT2D eigenvalue weighted by Gasteiger charge is -2.28. The number of ether oxygens (including phenoxy) is 1. The van der Waals surface area contributed by atoms with E-state index in [9.17, 15) is 9.59 Å². The van der Waals surface area contributed by atoms with Crippen molar-refractivity contribution in [3.8, 4) is 0 Å². The molecular weight excluding hydrogens is 308 g/mol. The number of carbonyl (C=O) groups excluding carboxylic acids is 2. The van der Waals surface area contributed by atoms with Crippen LogP contribution in [0, 0.1) is 5.92 Å². The van der Waals surface area contributed by atoms with Crippen LogP contribution in [0.1, 0.15) is 32.1 Å². The molecule has 130 valence electrons. The highest BCUT2D eigenvalue weighted by Crippen LogP contribution is 2.31. The van der Waals surface area contributed by atoms with Crippen LogP contribution in [0.2, 0.25) is 0 Å². The van der Waals surface area contributed by atoms with Crippen LogP contribution in [-0.2, 0) is 21.4 Å². The van der Waals surface area contributed by atoms with Crippen LogP contribution >= 0.6 is 0 Å². The van der Waals surface area contributed by atoms with Gasteiger partial charge in [0.15, 0.2) is 5.82 Å². The van der Waals surface area contributed by atoms with Gasteiger partial charge in [0.1, 0.15) is 11.8 Å². The Labute approximate surface area is 141 Å². The van der Waals surface area contributed by atoms with Crippen molar-refractivity contribution in [3.05, 3.63) is 24.1 Å². The maximum Gasteiger partial charge on any atom is 0.251 e. The van der Waals surface area contributed by atoms with Crippen LogP contribution in [0.3, 0.4) is 0 Å². The largest absolute Gasteiger partial charge is 0.499 e. The first-order valence-electron chi connectivity index (χ1n) is 8.42. The van der Waals surface area contributed by atoms with Crippen molar-refractivity contribution >= 4 is 17.6 Å². The normalized spacial score (nSPS) is 19.5. The molecule has 0 saturated heterocycles. The van der Waals surface area contributed by atoms with Gasteiger partial charge in [0.2, 0.25) is 5.91 Å². The molecule has 2 amide bonds. The molecule has 1 aliphatic heterocycles. The highest BCUT2D eigenvalue weighted by atomic mass is 16.5. The smallest absolute Gasteiger partial charge is 0.251 e. The Bertz CT molecular complexity index is 646. The standard InChI is InChI=1S/C17H24N4O3/c1-20-8-7-15(19-20)18-17(23)14(9-12-5-3-4-6-12)21-11-13(24-2)10-16(21)22/h7-8,10,12,14H,3-6,9,11H2,1-2H3,(H,18,19,23)/t14-/m0/s1. The average Bonchev–Trinajstić information content (AvgIpc) is 3.27. The van der Waals surface area contributed by atoms with E-state index in [0.29, 0.717) is 30.5 Å². The second-order valence-electron chi connectivity index (χ2n) is 6.55. The number of amides is 2. The summed E-state index contributed by atoms with van der Waals surface area (Å²) in [5.74, 6) is 1.25. The van der Waals surface area contributed by atoms with Crippen LogP contribution in [-0.4, -0.2) is 46.2 Å². The molecule has 2 aliphatic rings. The number of hydrogen-bond acceptors (Lipinski definition) is 4. The summed E-state index contributed by atoms with van der Waals surface area (Å²) in [4.78, 5) is 26.7. The summed E-state index contributed by atoms with van der Waals surface area (Å²) in [6.07, 6.45) is 8.58. The fourth-order valence-corrected chi connectivity index (χ4v) is 3.53. The Morgan fingerprint density at radius 3 is 2.79 bits per heavy atom. The molecule has 1 N–H and O–H groups in total. The third-order valence-electron chi connectivity index (χ3n) is 4.83. The highest BCUT2D eigenvalue weighted by molar-refractivity contribution is 5.99. The van der Waals surface area contributed by atoms with E-state index in [1.165, 1.54) is 18.9 Å². The fraction of sp³-hybridized carbons (Fsp3) is 0.588. The molecule has 24 heavy (non-hydrogen) atoms. The Morgan fingerprint density at radius 2 is 2.21 bits per heavy atom. The molecule has 1 fully saturated rings. The number of rotatable bonds is 6. The maximum atomic E-state index is 12.8. The minimum absolute atomic E-state index is 0.161. The molecule has 0 aromatic carbocycles. The molecule has 0 unspecified atom stereocenters. The van der Waals surface area contributed by atoms with Gasteiger partial charge >= 0.3 is 0 Å². The van der Waals surface area contributed by atoms with E-state index in [2.05, 4.69) is 10.4 Å². The number of aryl methyl sites for hydroxylation is 1. The SMILES string of the molecule is COC1=CC(=O)N([C@@H](CC2CCCC2)C(=O)Nc2ccn(C)n2)C1. The van der Waals surface area contributed by atoms with Crippen LogP contribution in [0.5, 0.6) is 0 Å². The van der Waals surface area contributed by atoms with E-state index >= 15 is 0 Å². The van der Waals surface area contributed by atoms with E-state index in [0.717, 1.165) is 12.8 Å². The van der Waals surface area contributed by atoms with Crippen molar-refractivity contribution in [2.75, 3.05) is 19.0 Å². The van der Waals surface area contributed by atoms with Gasteiger partial charge in [-0.3, -0.25) is 14.3 Å². The molecule has 7 heteroatoms. The van der Waals surface area contributed by atoms with Gasteiger partial charge in [0, 0.05) is 25.4 Å². The van der Waals surface area contributed by atoms with Crippen LogP contribution < -0.4 is 5.32 Å². The molecule has 2 heterocycles. The summed E-state index contributed by atoms with van der Waals surface area (Å²) in [6.45, 7) is 0.350. The van der Waals surface area contributed by atoms with Crippen molar-refractivity contribution in [2.45, 2.75) is 38.1 Å². The summed E-state index contributed by atoms with van der Waals surface area (Å²) in [7, 11) is 3.34. The Morgan fingerprint density at radius 1 is 1.46 bits per heavy atom. The summed E-state index contributed by atoms with van der Waals surface area (Å²) in [5, 5.41) is 7.02. The number of anilines is 1. The first-order valence-corrected chi connectivity index (χ1v) is 8.42. The van der Waals surface area contributed by atoms with Crippen LogP contribution in [0.4, 0.5) is 5.82 Å². The van der Waals surface area contributed by atoms with Crippen molar-refractivity contribution in [1.29, 1.82) is 0 Å². The average molecular weight is 332 g/mol. The number of hydrogen-bond donors (Lipinski definition) is 1. The molecule has 0 radical (unpaired) electrons. The molecular formula is C17H24N4O3. The first kappa shape index (κ1) is 16.5. The monoisotopic (exact) mass is 332 g/mol. The lowest BCUT2D eigenvalue weighted by molar-refractivity contribution is -0.134. The molecule has 7 nitrogen and oxygen atoms in total. The lowest BCUT2D eigenvalue weighted by Crippen LogP contribution is -2.46. The van der Waals surface area contributed by atoms with Gasteiger partial charge in [0.05, 0.1) is 13.7 Å². The van der Waals surface area contributed by atoms with Gasteiger partial charge in [-0.1, -0.05) is 25.7 Å². The van der Waals surface area contributed by atoms with Crippen molar-refractivity contribution in [1.82, 2.24) is 14.7 Å². The fourth-order valence-electron chi connectivity index (χ4n) is 3.53. The number of aromatic nitrogens is 2. The minimum Gasteiger partial charge on any atom is -0.499 e. The van der Waals surface area contributed by atoms with E-state index in [1.54, 1.807) is 36.0 Å². The summed E-state index contributed by atoms with van der Waals surface area (Å²) in [5.41, 5.74) is 0. The molecule has 1 saturated carbocycles. The predicted molar refractivity (Wildman–Crippen MR) is 89.0 cm³/mol. The Hall–Kier alpha value is -2.31. The first-order chi connectivity index (χ1) is 11.6. The molecule has 1 atom stereocenters. The zero-order chi connectivity index (χ0) is 17.1. The lowest BCUT2D eigenvalue weighted by atomic mass is 9.97. The Kier molecular flexibility index (Phi) is 4.87. The summed E-state index contributed by atoms with van der Waals surface area (Å²) in [6, 6.07) is 1.25. The predicted octanol–water partition coefficient (Wildman–Crippen LogP) is 1.68. The molecule has 0 bridgehead atoms. The van der Waals surface area contributed by atoms with Crippen molar-refractivity contribution in [3.63, 3.8) is 0 Å². The molecule has 1 aliphatic carbocycles. The topological polar surface area (TPSA) is 76.5 Å². The zero-order valence-corrected chi connectivity index (χ0v) is 14.2. The van der Waals surface area contributed by atoms with Gasteiger partial charge < -0.3 is 15.0 Å². The van der Waals surface area contributed by atoms with E-state index in [4.69, 9.17) is 4.74 Å². The Balaban J connectivity index is 1.73. The second-order valence-corrected chi connectivity index (χ2v) is 6.55. The maximum absolute atomic E-state index is 12.8. The van der Waals surface area contributed by atoms with Crippen molar-refractivity contribution in [2.24, 2.45) is 13.0 Å². The van der Waals surface area contributed by atoms with Gasteiger partial charge in [-0.15, -0.1) is 0 Å². The second kappa shape index (κ2) is 7.07. The summed E-state index contributed by atoms with van der Waals surface area (Å²) < 4.78 is 6.82. The number of methoxy groups -OCH3 is 1. The van der Waals surface area contributed by atoms with Gasteiger partial charge in [0.25, 0.3) is 5.91 Å². The van der Waals surface area contributed by atoms with Gasteiger partial charge in [-0.25, -0.2) is 0 Å². The third kappa shape index (κ3) is 3.60. The molecule has 1 aromatic heterocycles. The van der Waals surface area contributed by atoms with E-state index in [1.807, 2.05) is 0 Å². The number of carbonyl (C=O) groups is 2. The minimum atomic E-state index is -0.494. The molecule has 3 rings (SSSR count). The van der Waals surface area contributed by atoms with Crippen molar-refractivity contribution < 1.29 is 14.3 Å². The van der Waals surface area contributed by atoms with Crippen LogP contribution in [0.15, 0.2) is 24.1 Å². The van der Waals surface area contributed by atoms with E-state index in [-0.39, 0.29) is 11.8 Å². The van der Waals surface area contributed by atoms with Crippen LogP contribution in [0.25, 0.3) is 0 Å². The molecule has 0 spiro atoms. The zero-order valence-electron chi connectivity index (χ0n) is 14.2. The van der Waals surface area contributed by atoms with Gasteiger partial charge in [-0.05, 0) is 12.3 Å².